The molecule has 1 unspecified atom stereocenters. The molecule has 2 heterocycles. The minimum Gasteiger partial charge on any atom is -0.495 e. The number of carbonyl (C=O) groups is 1. The van der Waals surface area contributed by atoms with Gasteiger partial charge >= 0.3 is 5.76 Å². The van der Waals surface area contributed by atoms with E-state index in [0.29, 0.717) is 51.1 Å². The molecule has 0 saturated heterocycles. The Hall–Kier alpha value is -4.35. The standard InChI is InChI=1S/C30H26ClN3O5/c1-38-28-17-34(29(36)14-24(28)23-13-22(31)10-9-21(23)15-32)25(11-18-3-2-4-18)26(35)12-19-5-7-20(8-6-19)27-16-33-30(37)39-27/h5-10,13-14,16-18,25H,2-4,11-12H2,1H3,(H,33,37). The van der Waals surface area contributed by atoms with Crippen molar-refractivity contribution >= 4 is 17.4 Å². The molecule has 9 heteroatoms. The van der Waals surface area contributed by atoms with E-state index in [2.05, 4.69) is 11.1 Å². The molecule has 5 rings (SSSR count). The van der Waals surface area contributed by atoms with Gasteiger partial charge in [-0.1, -0.05) is 55.1 Å². The SMILES string of the molecule is COc1cn(C(CC2CCC2)C(=O)Cc2ccc(-c3c[nH]c(=O)o3)cc2)c(=O)cc1-c1cc(Cl)ccc1C#N. The fourth-order valence-electron chi connectivity index (χ4n) is 4.96. The van der Waals surface area contributed by atoms with Crippen LogP contribution in [0.25, 0.3) is 22.5 Å². The Bertz CT molecular complexity index is 1670. The zero-order valence-electron chi connectivity index (χ0n) is 21.3. The lowest BCUT2D eigenvalue weighted by molar-refractivity contribution is -0.122. The number of pyridine rings is 1. The second kappa shape index (κ2) is 11.2. The van der Waals surface area contributed by atoms with Crippen molar-refractivity contribution in [3.05, 3.63) is 98.0 Å². The number of carbonyl (C=O) groups excluding carboxylic acids is 1. The molecule has 1 aliphatic rings. The summed E-state index contributed by atoms with van der Waals surface area (Å²) in [4.78, 5) is 40.9. The molecule has 1 saturated carbocycles. The van der Waals surface area contributed by atoms with Gasteiger partial charge in [-0.25, -0.2) is 4.79 Å². The van der Waals surface area contributed by atoms with Gasteiger partial charge in [-0.3, -0.25) is 14.6 Å². The van der Waals surface area contributed by atoms with Gasteiger partial charge in [-0.15, -0.1) is 0 Å². The van der Waals surface area contributed by atoms with Gasteiger partial charge in [0.1, 0.15) is 5.75 Å². The minimum atomic E-state index is -0.664. The normalized spacial score (nSPS) is 13.9. The summed E-state index contributed by atoms with van der Waals surface area (Å²) in [5.41, 5.74) is 2.44. The second-order valence-corrected chi connectivity index (χ2v) is 10.2. The first-order valence-electron chi connectivity index (χ1n) is 12.7. The number of ketones is 1. The zero-order chi connectivity index (χ0) is 27.5. The number of nitrogens with zero attached hydrogens (tertiary/aromatic N) is 2. The van der Waals surface area contributed by atoms with Crippen LogP contribution in [0.15, 0.2) is 74.9 Å². The first-order valence-corrected chi connectivity index (χ1v) is 13.0. The fraction of sp³-hybridized carbons (Fsp3) is 0.267. The number of aromatic nitrogens is 2. The maximum Gasteiger partial charge on any atom is 0.416 e. The number of hydrogen-bond donors (Lipinski definition) is 1. The van der Waals surface area contributed by atoms with Crippen LogP contribution in [-0.4, -0.2) is 22.4 Å². The first kappa shape index (κ1) is 26.3. The number of benzene rings is 2. The third-order valence-electron chi connectivity index (χ3n) is 7.29. The van der Waals surface area contributed by atoms with Gasteiger partial charge in [0, 0.05) is 34.2 Å². The topological polar surface area (TPSA) is 118 Å². The van der Waals surface area contributed by atoms with Crippen LogP contribution < -0.4 is 16.1 Å². The molecule has 0 aliphatic heterocycles. The van der Waals surface area contributed by atoms with Crippen LogP contribution in [0.1, 0.15) is 42.9 Å². The van der Waals surface area contributed by atoms with Crippen LogP contribution in [0.2, 0.25) is 5.02 Å². The number of oxazole rings is 1. The molecule has 1 atom stereocenters. The molecule has 0 spiro atoms. The van der Waals surface area contributed by atoms with Gasteiger partial charge < -0.3 is 13.7 Å². The molecule has 4 aromatic rings. The quantitative estimate of drug-likeness (QED) is 0.296. The summed E-state index contributed by atoms with van der Waals surface area (Å²) in [7, 11) is 1.49. The molecule has 1 N–H and O–H groups in total. The van der Waals surface area contributed by atoms with Crippen LogP contribution in [-0.2, 0) is 11.2 Å². The van der Waals surface area contributed by atoms with Crippen LogP contribution in [0.3, 0.4) is 0 Å². The van der Waals surface area contributed by atoms with E-state index in [1.54, 1.807) is 36.5 Å². The van der Waals surface area contributed by atoms with E-state index in [4.69, 9.17) is 20.8 Å². The Morgan fingerprint density at radius 2 is 1.95 bits per heavy atom. The molecule has 2 aromatic heterocycles. The first-order chi connectivity index (χ1) is 18.9. The van der Waals surface area contributed by atoms with Crippen molar-refractivity contribution in [3.8, 4) is 34.3 Å². The highest BCUT2D eigenvalue weighted by Gasteiger charge is 2.29. The van der Waals surface area contributed by atoms with E-state index in [1.807, 2.05) is 12.1 Å². The van der Waals surface area contributed by atoms with E-state index in [-0.39, 0.29) is 17.8 Å². The summed E-state index contributed by atoms with van der Waals surface area (Å²) in [6.07, 6.45) is 6.93. The molecule has 0 amide bonds. The Morgan fingerprint density at radius 3 is 2.56 bits per heavy atom. The summed E-state index contributed by atoms with van der Waals surface area (Å²) in [5, 5.41) is 10.0. The number of aromatic amines is 1. The predicted molar refractivity (Wildman–Crippen MR) is 147 cm³/mol. The van der Waals surface area contributed by atoms with E-state index >= 15 is 0 Å². The van der Waals surface area contributed by atoms with Crippen molar-refractivity contribution in [3.63, 3.8) is 0 Å². The van der Waals surface area contributed by atoms with Crippen molar-refractivity contribution in [1.82, 2.24) is 9.55 Å². The van der Waals surface area contributed by atoms with E-state index in [0.717, 1.165) is 24.8 Å². The van der Waals surface area contributed by atoms with Crippen LogP contribution in [0.5, 0.6) is 5.75 Å². The van der Waals surface area contributed by atoms with Gasteiger partial charge in [0.15, 0.2) is 11.5 Å². The van der Waals surface area contributed by atoms with Crippen LogP contribution in [0.4, 0.5) is 0 Å². The largest absolute Gasteiger partial charge is 0.495 e. The van der Waals surface area contributed by atoms with Crippen molar-refractivity contribution in [2.75, 3.05) is 7.11 Å². The molecule has 0 bridgehead atoms. The number of hydrogen-bond acceptors (Lipinski definition) is 6. The number of nitrogens with one attached hydrogen (secondary N) is 1. The lowest BCUT2D eigenvalue weighted by Crippen LogP contribution is -2.33. The lowest BCUT2D eigenvalue weighted by atomic mass is 9.79. The Morgan fingerprint density at radius 1 is 1.18 bits per heavy atom. The third-order valence-corrected chi connectivity index (χ3v) is 7.52. The zero-order valence-corrected chi connectivity index (χ0v) is 22.0. The molecule has 8 nitrogen and oxygen atoms in total. The monoisotopic (exact) mass is 543 g/mol. The number of H-pyrrole nitrogens is 1. The maximum atomic E-state index is 13.7. The molecule has 0 radical (unpaired) electrons. The number of halogens is 1. The molecule has 2 aromatic carbocycles. The van der Waals surface area contributed by atoms with Gasteiger partial charge in [0.25, 0.3) is 5.56 Å². The van der Waals surface area contributed by atoms with E-state index in [9.17, 15) is 19.6 Å². The van der Waals surface area contributed by atoms with Gasteiger partial charge in [-0.05, 0) is 36.1 Å². The highest BCUT2D eigenvalue weighted by molar-refractivity contribution is 6.31. The Kier molecular flexibility index (Phi) is 7.53. The number of nitriles is 1. The smallest absolute Gasteiger partial charge is 0.416 e. The summed E-state index contributed by atoms with van der Waals surface area (Å²) in [6, 6.07) is 14.9. The van der Waals surface area contributed by atoms with Crippen molar-refractivity contribution in [2.45, 2.75) is 38.1 Å². The molecule has 198 valence electrons. The average Bonchev–Trinajstić information content (AvgIpc) is 3.35. The summed E-state index contributed by atoms with van der Waals surface area (Å²) < 4.78 is 12.2. The van der Waals surface area contributed by atoms with Crippen LogP contribution >= 0.6 is 11.6 Å². The number of ether oxygens (including phenoxy) is 1. The Labute approximate surface area is 229 Å². The van der Waals surface area contributed by atoms with Crippen molar-refractivity contribution < 1.29 is 13.9 Å². The number of rotatable bonds is 9. The number of methoxy groups -OCH3 is 1. The molecule has 1 fully saturated rings. The van der Waals surface area contributed by atoms with Gasteiger partial charge in [0.2, 0.25) is 0 Å². The average molecular weight is 544 g/mol. The molecular formula is C30H26ClN3O5. The highest BCUT2D eigenvalue weighted by atomic mass is 35.5. The summed E-state index contributed by atoms with van der Waals surface area (Å²) in [6.45, 7) is 0. The summed E-state index contributed by atoms with van der Waals surface area (Å²) in [5.74, 6) is 0.541. The third kappa shape index (κ3) is 5.59. The lowest BCUT2D eigenvalue weighted by Gasteiger charge is -2.30. The molecule has 39 heavy (non-hydrogen) atoms. The second-order valence-electron chi connectivity index (χ2n) is 9.73. The van der Waals surface area contributed by atoms with Crippen molar-refractivity contribution in [1.29, 1.82) is 5.26 Å². The van der Waals surface area contributed by atoms with Gasteiger partial charge in [0.05, 0.1) is 37.2 Å². The van der Waals surface area contributed by atoms with Crippen LogP contribution in [0, 0.1) is 17.2 Å². The Balaban J connectivity index is 1.47. The maximum absolute atomic E-state index is 13.7. The van der Waals surface area contributed by atoms with E-state index in [1.165, 1.54) is 23.9 Å². The minimum absolute atomic E-state index is 0.0831. The number of Topliss-reactive ketones (excluding diaryl/α,β-unsaturated/α-hetero) is 1. The fourth-order valence-corrected chi connectivity index (χ4v) is 5.13. The van der Waals surface area contributed by atoms with Gasteiger partial charge in [-0.2, -0.15) is 5.26 Å². The summed E-state index contributed by atoms with van der Waals surface area (Å²) >= 11 is 6.19. The predicted octanol–water partition coefficient (Wildman–Crippen LogP) is 5.54. The molecular weight excluding hydrogens is 518 g/mol. The van der Waals surface area contributed by atoms with E-state index < -0.39 is 11.8 Å². The van der Waals surface area contributed by atoms with Crippen molar-refractivity contribution in [2.24, 2.45) is 5.92 Å². The highest BCUT2D eigenvalue weighted by Crippen LogP contribution is 2.37. The molecule has 1 aliphatic carbocycles.